The Morgan fingerprint density at radius 3 is 2.84 bits per heavy atom. The molecule has 0 aromatic heterocycles. The molecule has 0 spiro atoms. The van der Waals surface area contributed by atoms with Crippen molar-refractivity contribution in [3.8, 4) is 5.75 Å². The molecule has 140 valence electrons. The Bertz CT molecular complexity index is 568. The largest absolute Gasteiger partial charge is 0.493 e. The third-order valence-corrected chi connectivity index (χ3v) is 4.10. The number of ether oxygens (including phenoxy) is 1. The van der Waals surface area contributed by atoms with Gasteiger partial charge in [0.1, 0.15) is 5.75 Å². The van der Waals surface area contributed by atoms with Gasteiger partial charge in [0.05, 0.1) is 12.2 Å². The summed E-state index contributed by atoms with van der Waals surface area (Å²) < 4.78 is 5.46. The minimum Gasteiger partial charge on any atom is -0.493 e. The normalized spacial score (nSPS) is 16.7. The number of hydrogen-bond donors (Lipinski definition) is 2. The van der Waals surface area contributed by atoms with Gasteiger partial charge in [-0.25, -0.2) is 0 Å². The fourth-order valence-electron chi connectivity index (χ4n) is 2.87. The molecule has 6 nitrogen and oxygen atoms in total. The summed E-state index contributed by atoms with van der Waals surface area (Å²) in [7, 11) is 0. The zero-order chi connectivity index (χ0) is 17.4. The summed E-state index contributed by atoms with van der Waals surface area (Å²) in [6.45, 7) is 4.29. The lowest BCUT2D eigenvalue weighted by Gasteiger charge is -2.30. The number of nitrogens with one attached hydrogen (secondary N) is 1. The Kier molecular flexibility index (Phi) is 9.31. The average molecular weight is 370 g/mol. The molecule has 1 saturated heterocycles. The van der Waals surface area contributed by atoms with Gasteiger partial charge in [0, 0.05) is 32.1 Å². The van der Waals surface area contributed by atoms with E-state index in [9.17, 15) is 9.59 Å². The van der Waals surface area contributed by atoms with Crippen LogP contribution in [-0.2, 0) is 4.79 Å². The van der Waals surface area contributed by atoms with Crippen molar-refractivity contribution in [3.05, 3.63) is 29.8 Å². The van der Waals surface area contributed by atoms with Crippen LogP contribution >= 0.6 is 12.4 Å². The van der Waals surface area contributed by atoms with E-state index in [-0.39, 0.29) is 30.3 Å². The van der Waals surface area contributed by atoms with Gasteiger partial charge < -0.3 is 20.7 Å². The number of hydrogen-bond acceptors (Lipinski definition) is 4. The molecule has 1 atom stereocenters. The third-order valence-electron chi connectivity index (χ3n) is 4.10. The smallest absolute Gasteiger partial charge is 0.255 e. The van der Waals surface area contributed by atoms with Gasteiger partial charge in [-0.05, 0) is 38.3 Å². The van der Waals surface area contributed by atoms with Crippen molar-refractivity contribution in [2.75, 3.05) is 26.2 Å². The van der Waals surface area contributed by atoms with Crippen molar-refractivity contribution >= 4 is 24.2 Å². The Morgan fingerprint density at radius 1 is 1.36 bits per heavy atom. The second kappa shape index (κ2) is 10.9. The van der Waals surface area contributed by atoms with Crippen LogP contribution in [0.4, 0.5) is 0 Å². The van der Waals surface area contributed by atoms with Gasteiger partial charge in [-0.15, -0.1) is 12.4 Å². The van der Waals surface area contributed by atoms with Crippen LogP contribution in [0.5, 0.6) is 5.75 Å². The predicted molar refractivity (Wildman–Crippen MR) is 100 cm³/mol. The number of rotatable bonds is 7. The molecule has 0 saturated carbocycles. The van der Waals surface area contributed by atoms with Crippen LogP contribution in [-0.4, -0.2) is 49.0 Å². The standard InChI is InChI=1S/C18H27N3O3.ClH/c1-2-24-16-9-4-3-8-15(16)18(23)20-11-5-10-17(22)21-12-6-7-14(19)13-21;/h3-4,8-9,14H,2,5-7,10-13,19H2,1H3,(H,20,23);1H. The molecule has 0 radical (unpaired) electrons. The van der Waals surface area contributed by atoms with Crippen molar-refractivity contribution in [2.24, 2.45) is 5.73 Å². The van der Waals surface area contributed by atoms with Gasteiger partial charge in [0.15, 0.2) is 0 Å². The quantitative estimate of drug-likeness (QED) is 0.719. The van der Waals surface area contributed by atoms with Gasteiger partial charge in [0.2, 0.25) is 5.91 Å². The van der Waals surface area contributed by atoms with Crippen LogP contribution in [0.25, 0.3) is 0 Å². The van der Waals surface area contributed by atoms with E-state index in [1.807, 2.05) is 17.9 Å². The molecule has 3 N–H and O–H groups in total. The first-order valence-corrected chi connectivity index (χ1v) is 8.65. The molecule has 2 rings (SSSR count). The molecule has 1 aliphatic rings. The lowest BCUT2D eigenvalue weighted by molar-refractivity contribution is -0.132. The van der Waals surface area contributed by atoms with E-state index in [0.29, 0.717) is 43.9 Å². The highest BCUT2D eigenvalue weighted by molar-refractivity contribution is 5.96. The number of nitrogens with two attached hydrogens (primary N) is 1. The minimum atomic E-state index is -0.175. The molecular weight excluding hydrogens is 342 g/mol. The Morgan fingerprint density at radius 2 is 2.12 bits per heavy atom. The molecule has 1 aromatic rings. The molecule has 2 amide bonds. The zero-order valence-corrected chi connectivity index (χ0v) is 15.5. The Labute approximate surface area is 155 Å². The van der Waals surface area contributed by atoms with E-state index in [1.165, 1.54) is 0 Å². The number of halogens is 1. The Hall–Kier alpha value is -1.79. The summed E-state index contributed by atoms with van der Waals surface area (Å²) in [6, 6.07) is 7.25. The molecule has 1 aromatic carbocycles. The van der Waals surface area contributed by atoms with Crippen LogP contribution < -0.4 is 15.8 Å². The van der Waals surface area contributed by atoms with E-state index in [0.717, 1.165) is 19.4 Å². The topological polar surface area (TPSA) is 84.7 Å². The number of piperidine rings is 1. The monoisotopic (exact) mass is 369 g/mol. The summed E-state index contributed by atoms with van der Waals surface area (Å²) in [5.41, 5.74) is 6.42. The van der Waals surface area contributed by atoms with Crippen LogP contribution in [0, 0.1) is 0 Å². The third kappa shape index (κ3) is 6.55. The Balaban J connectivity index is 0.00000312. The number of nitrogens with zero attached hydrogens (tertiary/aromatic N) is 1. The molecule has 1 heterocycles. The highest BCUT2D eigenvalue weighted by Gasteiger charge is 2.20. The average Bonchev–Trinajstić information content (AvgIpc) is 2.59. The summed E-state index contributed by atoms with van der Waals surface area (Å²) >= 11 is 0. The van der Waals surface area contributed by atoms with Crippen LogP contribution in [0.2, 0.25) is 0 Å². The van der Waals surface area contributed by atoms with E-state index in [4.69, 9.17) is 10.5 Å². The van der Waals surface area contributed by atoms with Crippen molar-refractivity contribution in [3.63, 3.8) is 0 Å². The van der Waals surface area contributed by atoms with Crippen molar-refractivity contribution in [1.82, 2.24) is 10.2 Å². The summed E-state index contributed by atoms with van der Waals surface area (Å²) in [5, 5.41) is 2.85. The van der Waals surface area contributed by atoms with E-state index in [2.05, 4.69) is 5.32 Å². The number of para-hydroxylation sites is 1. The zero-order valence-electron chi connectivity index (χ0n) is 14.7. The molecule has 1 aliphatic heterocycles. The number of likely N-dealkylation sites (tertiary alicyclic amines) is 1. The summed E-state index contributed by atoms with van der Waals surface area (Å²) in [6.07, 6.45) is 3.00. The van der Waals surface area contributed by atoms with Gasteiger partial charge in [-0.2, -0.15) is 0 Å². The van der Waals surface area contributed by atoms with Crippen LogP contribution in [0.15, 0.2) is 24.3 Å². The van der Waals surface area contributed by atoms with E-state index >= 15 is 0 Å². The molecule has 1 unspecified atom stereocenters. The van der Waals surface area contributed by atoms with Crippen molar-refractivity contribution in [2.45, 2.75) is 38.6 Å². The number of benzene rings is 1. The SMILES string of the molecule is CCOc1ccccc1C(=O)NCCCC(=O)N1CCCC(N)C1.Cl. The first-order chi connectivity index (χ1) is 11.6. The molecule has 0 aliphatic carbocycles. The van der Waals surface area contributed by atoms with E-state index < -0.39 is 0 Å². The highest BCUT2D eigenvalue weighted by atomic mass is 35.5. The maximum atomic E-state index is 12.2. The molecule has 0 bridgehead atoms. The predicted octanol–water partition coefficient (Wildman–Crippen LogP) is 1.97. The fourth-order valence-corrected chi connectivity index (χ4v) is 2.87. The molecular formula is C18H28ClN3O3. The van der Waals surface area contributed by atoms with Gasteiger partial charge >= 0.3 is 0 Å². The first kappa shape index (κ1) is 21.3. The second-order valence-electron chi connectivity index (χ2n) is 6.03. The fraction of sp³-hybridized carbons (Fsp3) is 0.556. The van der Waals surface area contributed by atoms with Gasteiger partial charge in [-0.3, -0.25) is 9.59 Å². The lowest BCUT2D eigenvalue weighted by atomic mass is 10.1. The number of amides is 2. The summed E-state index contributed by atoms with van der Waals surface area (Å²) in [4.78, 5) is 26.2. The van der Waals surface area contributed by atoms with Crippen molar-refractivity contribution in [1.29, 1.82) is 0 Å². The highest BCUT2D eigenvalue weighted by Crippen LogP contribution is 2.17. The number of carbonyl (C=O) groups excluding carboxylic acids is 2. The first-order valence-electron chi connectivity index (χ1n) is 8.65. The second-order valence-corrected chi connectivity index (χ2v) is 6.03. The summed E-state index contributed by atoms with van der Waals surface area (Å²) in [5.74, 6) is 0.525. The maximum Gasteiger partial charge on any atom is 0.255 e. The van der Waals surface area contributed by atoms with Gasteiger partial charge in [0.25, 0.3) is 5.91 Å². The maximum absolute atomic E-state index is 12.2. The minimum absolute atomic E-state index is 0. The van der Waals surface area contributed by atoms with Crippen LogP contribution in [0.1, 0.15) is 43.0 Å². The van der Waals surface area contributed by atoms with E-state index in [1.54, 1.807) is 18.2 Å². The molecule has 25 heavy (non-hydrogen) atoms. The molecule has 7 heteroatoms. The van der Waals surface area contributed by atoms with Gasteiger partial charge in [-0.1, -0.05) is 12.1 Å². The molecule has 1 fully saturated rings. The lowest BCUT2D eigenvalue weighted by Crippen LogP contribution is -2.45. The van der Waals surface area contributed by atoms with Crippen molar-refractivity contribution < 1.29 is 14.3 Å². The number of carbonyl (C=O) groups is 2. The van der Waals surface area contributed by atoms with Crippen LogP contribution in [0.3, 0.4) is 0 Å².